The molecule has 2 N–H and O–H groups in total. The first kappa shape index (κ1) is 19.2. The lowest BCUT2D eigenvalue weighted by Gasteiger charge is -2.41. The fraction of sp³-hybridized carbons (Fsp3) is 0.542. The highest BCUT2D eigenvalue weighted by molar-refractivity contribution is 5.34. The van der Waals surface area contributed by atoms with Crippen LogP contribution in [0.5, 0.6) is 0 Å². The van der Waals surface area contributed by atoms with Gasteiger partial charge in [0.1, 0.15) is 11.9 Å². The molecule has 3 aliphatic rings. The van der Waals surface area contributed by atoms with Gasteiger partial charge in [0.25, 0.3) is 0 Å². The molecule has 3 aliphatic carbocycles. The van der Waals surface area contributed by atoms with Gasteiger partial charge in [0.05, 0.1) is 12.0 Å². The summed E-state index contributed by atoms with van der Waals surface area (Å²) in [6.45, 7) is 1.75. The summed E-state index contributed by atoms with van der Waals surface area (Å²) in [5.41, 5.74) is 8.76. The van der Waals surface area contributed by atoms with Crippen molar-refractivity contribution in [1.29, 1.82) is 5.26 Å². The van der Waals surface area contributed by atoms with E-state index in [1.54, 1.807) is 19.1 Å². The predicted octanol–water partition coefficient (Wildman–Crippen LogP) is 5.35. The van der Waals surface area contributed by atoms with Crippen molar-refractivity contribution in [3.05, 3.63) is 59.1 Å². The second-order valence-corrected chi connectivity index (χ2v) is 8.64. The zero-order valence-electron chi connectivity index (χ0n) is 16.5. The molecule has 0 saturated heterocycles. The fourth-order valence-corrected chi connectivity index (χ4v) is 5.24. The summed E-state index contributed by atoms with van der Waals surface area (Å²) in [7, 11) is 0. The summed E-state index contributed by atoms with van der Waals surface area (Å²) in [5.74, 6) is -0.0490. The number of nitrogens with zero attached hydrogens (tertiary/aromatic N) is 1. The van der Waals surface area contributed by atoms with Gasteiger partial charge in [-0.1, -0.05) is 43.7 Å². The monoisotopic (exact) mass is 380 g/mol. The van der Waals surface area contributed by atoms with Crippen molar-refractivity contribution in [1.82, 2.24) is 0 Å². The Morgan fingerprint density at radius 2 is 2.04 bits per heavy atom. The van der Waals surface area contributed by atoms with Crippen molar-refractivity contribution < 1.29 is 9.13 Å². The second-order valence-electron chi connectivity index (χ2n) is 8.64. The summed E-state index contributed by atoms with van der Waals surface area (Å²) in [6, 6.07) is 10.8. The van der Waals surface area contributed by atoms with Crippen molar-refractivity contribution >= 4 is 0 Å². The summed E-state index contributed by atoms with van der Waals surface area (Å²) in [6.07, 6.45) is 9.81. The van der Waals surface area contributed by atoms with E-state index in [4.69, 9.17) is 10.5 Å². The average molecular weight is 381 g/mol. The number of ether oxygens (including phenoxy) is 1. The molecule has 0 bridgehead atoms. The Morgan fingerprint density at radius 1 is 1.21 bits per heavy atom. The van der Waals surface area contributed by atoms with Crippen molar-refractivity contribution in [2.75, 3.05) is 0 Å². The molecule has 28 heavy (non-hydrogen) atoms. The lowest BCUT2D eigenvalue weighted by molar-refractivity contribution is 0.0124. The Bertz CT molecular complexity index is 824. The number of hydrogen-bond donors (Lipinski definition) is 1. The van der Waals surface area contributed by atoms with E-state index in [1.807, 2.05) is 6.07 Å². The molecule has 0 aromatic heterocycles. The SMILES string of the molecule is CC1C(F)=C(OC2c3ccccc3CCC2C2CCCC(N)C2)C=CC1C#N. The molecule has 0 spiro atoms. The van der Waals surface area contributed by atoms with E-state index in [-0.39, 0.29) is 18.0 Å². The lowest BCUT2D eigenvalue weighted by Crippen LogP contribution is -2.36. The Kier molecular flexibility index (Phi) is 5.55. The maximum atomic E-state index is 15.0. The van der Waals surface area contributed by atoms with Crippen LogP contribution in [0.1, 0.15) is 56.3 Å². The van der Waals surface area contributed by atoms with Crippen LogP contribution in [0.25, 0.3) is 0 Å². The highest BCUT2D eigenvalue weighted by atomic mass is 19.1. The highest BCUT2D eigenvalue weighted by Crippen LogP contribution is 2.47. The molecule has 148 valence electrons. The van der Waals surface area contributed by atoms with Gasteiger partial charge in [-0.15, -0.1) is 0 Å². The van der Waals surface area contributed by atoms with E-state index in [0.29, 0.717) is 17.6 Å². The van der Waals surface area contributed by atoms with Crippen LogP contribution in [-0.4, -0.2) is 6.04 Å². The van der Waals surface area contributed by atoms with Gasteiger partial charge < -0.3 is 10.5 Å². The van der Waals surface area contributed by atoms with Crippen molar-refractivity contribution in [2.24, 2.45) is 29.4 Å². The second kappa shape index (κ2) is 8.09. The smallest absolute Gasteiger partial charge is 0.151 e. The van der Waals surface area contributed by atoms with Crippen LogP contribution >= 0.6 is 0 Å². The first-order valence-electron chi connectivity index (χ1n) is 10.6. The fourth-order valence-electron chi connectivity index (χ4n) is 5.24. The maximum Gasteiger partial charge on any atom is 0.151 e. The number of aryl methyl sites for hydroxylation is 1. The minimum Gasteiger partial charge on any atom is -0.483 e. The van der Waals surface area contributed by atoms with Gasteiger partial charge >= 0.3 is 0 Å². The number of fused-ring (bicyclic) bond motifs is 1. The van der Waals surface area contributed by atoms with Crippen LogP contribution in [0.4, 0.5) is 4.39 Å². The first-order valence-corrected chi connectivity index (χ1v) is 10.6. The van der Waals surface area contributed by atoms with E-state index in [1.165, 1.54) is 17.5 Å². The maximum absolute atomic E-state index is 15.0. The van der Waals surface area contributed by atoms with Crippen molar-refractivity contribution in [3.63, 3.8) is 0 Å². The van der Waals surface area contributed by atoms with Gasteiger partial charge in [-0.05, 0) is 55.2 Å². The third-order valence-corrected chi connectivity index (χ3v) is 6.89. The average Bonchev–Trinajstić information content (AvgIpc) is 2.71. The molecule has 1 aromatic carbocycles. The van der Waals surface area contributed by atoms with Crippen LogP contribution in [0.3, 0.4) is 0 Å². The van der Waals surface area contributed by atoms with E-state index in [2.05, 4.69) is 24.3 Å². The number of nitriles is 1. The molecule has 4 rings (SSSR count). The number of rotatable bonds is 3. The van der Waals surface area contributed by atoms with Crippen LogP contribution in [-0.2, 0) is 11.2 Å². The zero-order chi connectivity index (χ0) is 19.7. The highest BCUT2D eigenvalue weighted by Gasteiger charge is 2.39. The third kappa shape index (κ3) is 3.61. The molecule has 3 nitrogen and oxygen atoms in total. The molecule has 0 amide bonds. The summed E-state index contributed by atoms with van der Waals surface area (Å²) >= 11 is 0. The predicted molar refractivity (Wildman–Crippen MR) is 108 cm³/mol. The minimum atomic E-state index is -0.467. The third-order valence-electron chi connectivity index (χ3n) is 6.89. The number of allylic oxidation sites excluding steroid dienone is 3. The van der Waals surface area contributed by atoms with Gasteiger partial charge in [0.15, 0.2) is 5.76 Å². The molecule has 1 fully saturated rings. The van der Waals surface area contributed by atoms with Crippen LogP contribution in [0.2, 0.25) is 0 Å². The van der Waals surface area contributed by atoms with Gasteiger partial charge in [-0.25, -0.2) is 4.39 Å². The molecule has 0 radical (unpaired) electrons. The van der Waals surface area contributed by atoms with Crippen LogP contribution in [0.15, 0.2) is 48.0 Å². The molecule has 6 atom stereocenters. The first-order chi connectivity index (χ1) is 13.6. The lowest BCUT2D eigenvalue weighted by atomic mass is 9.69. The normalized spacial score (nSPS) is 35.2. The van der Waals surface area contributed by atoms with E-state index >= 15 is 0 Å². The number of benzene rings is 1. The Balaban J connectivity index is 1.65. The van der Waals surface area contributed by atoms with E-state index in [9.17, 15) is 9.65 Å². The van der Waals surface area contributed by atoms with Crippen LogP contribution in [0, 0.1) is 35.0 Å². The van der Waals surface area contributed by atoms with Crippen molar-refractivity contribution in [2.45, 2.75) is 57.6 Å². The number of nitrogens with two attached hydrogens (primary N) is 1. The summed E-state index contributed by atoms with van der Waals surface area (Å²) in [5, 5.41) is 9.21. The molecule has 4 heteroatoms. The molecular formula is C24H29FN2O. The molecule has 6 unspecified atom stereocenters. The Labute approximate surface area is 167 Å². The Morgan fingerprint density at radius 3 is 2.82 bits per heavy atom. The van der Waals surface area contributed by atoms with Gasteiger partial charge in [-0.2, -0.15) is 5.26 Å². The van der Waals surface area contributed by atoms with Gasteiger partial charge in [-0.3, -0.25) is 0 Å². The van der Waals surface area contributed by atoms with Crippen molar-refractivity contribution in [3.8, 4) is 6.07 Å². The zero-order valence-corrected chi connectivity index (χ0v) is 16.5. The van der Waals surface area contributed by atoms with E-state index < -0.39 is 11.8 Å². The van der Waals surface area contributed by atoms with E-state index in [0.717, 1.165) is 32.1 Å². The Hall–Kier alpha value is -2.12. The van der Waals surface area contributed by atoms with Gasteiger partial charge in [0.2, 0.25) is 0 Å². The summed E-state index contributed by atoms with van der Waals surface area (Å²) < 4.78 is 21.4. The largest absolute Gasteiger partial charge is 0.483 e. The number of hydrogen-bond acceptors (Lipinski definition) is 3. The number of halogens is 1. The molecule has 1 saturated carbocycles. The molecular weight excluding hydrogens is 351 g/mol. The van der Waals surface area contributed by atoms with Gasteiger partial charge in [0, 0.05) is 17.9 Å². The molecule has 0 aliphatic heterocycles. The summed E-state index contributed by atoms with van der Waals surface area (Å²) in [4.78, 5) is 0. The topological polar surface area (TPSA) is 59.0 Å². The minimum absolute atomic E-state index is 0.156. The standard InChI is InChI=1S/C24H29FN2O/c1-15-18(14-26)10-12-22(23(15)25)28-24-20-8-3-2-5-16(20)9-11-21(24)17-6-4-7-19(27)13-17/h2-3,5,8,10,12,15,17-19,21,24H,4,6-7,9,11,13,27H2,1H3. The van der Waals surface area contributed by atoms with Crippen LogP contribution < -0.4 is 5.73 Å². The molecule has 1 aromatic rings. The molecule has 0 heterocycles. The quantitative estimate of drug-likeness (QED) is 0.769.